The smallest absolute Gasteiger partial charge is 0.262 e. The third-order valence-electron chi connectivity index (χ3n) is 3.50. The van der Waals surface area contributed by atoms with E-state index in [9.17, 15) is 8.42 Å². The van der Waals surface area contributed by atoms with Gasteiger partial charge < -0.3 is 0 Å². The molecule has 0 aliphatic heterocycles. The van der Waals surface area contributed by atoms with E-state index in [0.29, 0.717) is 16.3 Å². The van der Waals surface area contributed by atoms with Crippen LogP contribution in [0.25, 0.3) is 0 Å². The summed E-state index contributed by atoms with van der Waals surface area (Å²) < 4.78 is 27.7. The molecule has 0 heterocycles. The third-order valence-corrected chi connectivity index (χ3v) is 5.44. The molecule has 0 aliphatic carbocycles. The van der Waals surface area contributed by atoms with E-state index in [-0.39, 0.29) is 4.90 Å². The first-order valence-electron chi connectivity index (χ1n) is 6.57. The Bertz CT molecular complexity index is 798. The number of sulfonamides is 1. The van der Waals surface area contributed by atoms with Gasteiger partial charge in [-0.05, 0) is 74.2 Å². The highest BCUT2D eigenvalue weighted by atomic mass is 35.5. The van der Waals surface area contributed by atoms with Gasteiger partial charge in [0.2, 0.25) is 0 Å². The van der Waals surface area contributed by atoms with Gasteiger partial charge in [-0.3, -0.25) is 4.72 Å². The quantitative estimate of drug-likeness (QED) is 0.911. The Balaban J connectivity index is 2.43. The van der Waals surface area contributed by atoms with Crippen molar-refractivity contribution in [3.05, 3.63) is 57.6 Å². The van der Waals surface area contributed by atoms with Gasteiger partial charge in [0, 0.05) is 10.7 Å². The lowest BCUT2D eigenvalue weighted by atomic mass is 10.1. The average molecular weight is 324 g/mol. The van der Waals surface area contributed by atoms with Gasteiger partial charge in [0.05, 0.1) is 4.90 Å². The number of rotatable bonds is 3. The van der Waals surface area contributed by atoms with Crippen molar-refractivity contribution in [3.8, 4) is 0 Å². The van der Waals surface area contributed by atoms with Crippen LogP contribution in [0.2, 0.25) is 5.02 Å². The molecular weight excluding hydrogens is 306 g/mol. The van der Waals surface area contributed by atoms with Crippen molar-refractivity contribution >= 4 is 27.3 Å². The molecule has 0 atom stereocenters. The van der Waals surface area contributed by atoms with Crippen molar-refractivity contribution in [3.63, 3.8) is 0 Å². The van der Waals surface area contributed by atoms with Crippen LogP contribution in [-0.4, -0.2) is 8.42 Å². The van der Waals surface area contributed by atoms with Gasteiger partial charge >= 0.3 is 0 Å². The summed E-state index contributed by atoms with van der Waals surface area (Å²) in [4.78, 5) is 0.252. The van der Waals surface area contributed by atoms with Crippen LogP contribution in [0.3, 0.4) is 0 Å². The molecule has 2 aromatic carbocycles. The molecule has 2 rings (SSSR count). The molecular formula is C16H18ClNO2S. The highest BCUT2D eigenvalue weighted by Crippen LogP contribution is 2.26. The molecule has 2 aromatic rings. The predicted octanol–water partition coefficient (Wildman–Crippen LogP) is 4.37. The minimum atomic E-state index is -3.62. The van der Waals surface area contributed by atoms with Crippen LogP contribution in [0.15, 0.2) is 35.2 Å². The van der Waals surface area contributed by atoms with Gasteiger partial charge in [-0.15, -0.1) is 0 Å². The Hall–Kier alpha value is -1.52. The van der Waals surface area contributed by atoms with Crippen LogP contribution in [0.5, 0.6) is 0 Å². The number of hydrogen-bond donors (Lipinski definition) is 1. The Kier molecular flexibility index (Phi) is 4.30. The highest BCUT2D eigenvalue weighted by Gasteiger charge is 2.18. The summed E-state index contributed by atoms with van der Waals surface area (Å²) >= 11 is 6.02. The van der Waals surface area contributed by atoms with Crippen molar-refractivity contribution in [1.29, 1.82) is 0 Å². The summed E-state index contributed by atoms with van der Waals surface area (Å²) in [5.41, 5.74) is 4.09. The van der Waals surface area contributed by atoms with Crippen LogP contribution in [0.4, 0.5) is 5.69 Å². The van der Waals surface area contributed by atoms with E-state index in [1.807, 2.05) is 26.0 Å². The highest BCUT2D eigenvalue weighted by molar-refractivity contribution is 7.92. The van der Waals surface area contributed by atoms with E-state index in [4.69, 9.17) is 11.6 Å². The van der Waals surface area contributed by atoms with Crippen molar-refractivity contribution in [2.45, 2.75) is 32.6 Å². The fourth-order valence-corrected chi connectivity index (χ4v) is 3.64. The topological polar surface area (TPSA) is 46.2 Å². The van der Waals surface area contributed by atoms with Crippen LogP contribution in [0, 0.1) is 27.7 Å². The molecule has 112 valence electrons. The van der Waals surface area contributed by atoms with Crippen LogP contribution in [0.1, 0.15) is 22.3 Å². The van der Waals surface area contributed by atoms with Crippen molar-refractivity contribution in [2.24, 2.45) is 0 Å². The van der Waals surface area contributed by atoms with Crippen LogP contribution < -0.4 is 4.72 Å². The van der Waals surface area contributed by atoms with Crippen molar-refractivity contribution in [2.75, 3.05) is 4.72 Å². The second-order valence-corrected chi connectivity index (χ2v) is 7.33. The van der Waals surface area contributed by atoms with Gasteiger partial charge in [0.1, 0.15) is 0 Å². The van der Waals surface area contributed by atoms with Crippen molar-refractivity contribution < 1.29 is 8.42 Å². The van der Waals surface area contributed by atoms with Gasteiger partial charge in [-0.25, -0.2) is 8.42 Å². The summed E-state index contributed by atoms with van der Waals surface area (Å²) in [5.74, 6) is 0. The summed E-state index contributed by atoms with van der Waals surface area (Å²) in [6.45, 7) is 7.46. The Labute approximate surface area is 131 Å². The molecule has 0 saturated carbocycles. The lowest BCUT2D eigenvalue weighted by molar-refractivity contribution is 0.600. The van der Waals surface area contributed by atoms with Gasteiger partial charge in [0.15, 0.2) is 0 Å². The van der Waals surface area contributed by atoms with E-state index in [0.717, 1.165) is 16.7 Å². The molecule has 0 unspecified atom stereocenters. The van der Waals surface area contributed by atoms with Crippen LogP contribution >= 0.6 is 11.6 Å². The maximum Gasteiger partial charge on any atom is 0.262 e. The zero-order valence-corrected chi connectivity index (χ0v) is 14.1. The maximum atomic E-state index is 12.5. The minimum Gasteiger partial charge on any atom is -0.280 e. The first-order chi connectivity index (χ1) is 9.70. The molecule has 0 radical (unpaired) electrons. The summed E-state index contributed by atoms with van der Waals surface area (Å²) in [6.07, 6.45) is 0. The lowest BCUT2D eigenvalue weighted by Crippen LogP contribution is -2.14. The van der Waals surface area contributed by atoms with E-state index in [1.165, 1.54) is 0 Å². The first-order valence-corrected chi connectivity index (χ1v) is 8.43. The minimum absolute atomic E-state index is 0.252. The van der Waals surface area contributed by atoms with E-state index in [1.54, 1.807) is 32.0 Å². The normalized spacial score (nSPS) is 11.5. The molecule has 0 fully saturated rings. The molecule has 0 amide bonds. The molecule has 3 nitrogen and oxygen atoms in total. The monoisotopic (exact) mass is 323 g/mol. The zero-order chi connectivity index (χ0) is 15.8. The fraction of sp³-hybridized carbons (Fsp3) is 0.250. The zero-order valence-electron chi connectivity index (χ0n) is 12.5. The number of benzene rings is 2. The third kappa shape index (κ3) is 3.39. The maximum absolute atomic E-state index is 12.5. The first kappa shape index (κ1) is 15.9. The van der Waals surface area contributed by atoms with Crippen LogP contribution in [-0.2, 0) is 10.0 Å². The largest absolute Gasteiger partial charge is 0.280 e. The number of nitrogens with one attached hydrogen (secondary N) is 1. The molecule has 0 saturated heterocycles. The molecule has 21 heavy (non-hydrogen) atoms. The summed E-state index contributed by atoms with van der Waals surface area (Å²) in [6, 6.07) is 8.75. The summed E-state index contributed by atoms with van der Waals surface area (Å²) in [5, 5.41) is 0.567. The number of hydrogen-bond acceptors (Lipinski definition) is 2. The van der Waals surface area contributed by atoms with E-state index in [2.05, 4.69) is 4.72 Å². The Morgan fingerprint density at radius 3 is 2.14 bits per heavy atom. The average Bonchev–Trinajstić information content (AvgIpc) is 2.37. The van der Waals surface area contributed by atoms with Gasteiger partial charge in [0.25, 0.3) is 10.0 Å². The Morgan fingerprint density at radius 1 is 0.857 bits per heavy atom. The second-order valence-electron chi connectivity index (χ2n) is 5.27. The van der Waals surface area contributed by atoms with Crippen molar-refractivity contribution in [1.82, 2.24) is 0 Å². The van der Waals surface area contributed by atoms with E-state index < -0.39 is 10.0 Å². The van der Waals surface area contributed by atoms with Gasteiger partial charge in [-0.1, -0.05) is 17.7 Å². The summed E-state index contributed by atoms with van der Waals surface area (Å²) in [7, 11) is -3.62. The Morgan fingerprint density at radius 2 is 1.52 bits per heavy atom. The molecule has 5 heteroatoms. The predicted molar refractivity (Wildman–Crippen MR) is 87.7 cm³/mol. The number of aryl methyl sites for hydroxylation is 4. The molecule has 0 spiro atoms. The molecule has 1 N–H and O–H groups in total. The fourth-order valence-electron chi connectivity index (χ4n) is 2.06. The second kappa shape index (κ2) is 5.70. The molecule has 0 bridgehead atoms. The number of halogens is 1. The van der Waals surface area contributed by atoms with Gasteiger partial charge in [-0.2, -0.15) is 0 Å². The SMILES string of the molecule is Cc1ccc(NS(=O)(=O)c2cc(C)c(Cl)cc2C)cc1C. The molecule has 0 aromatic heterocycles. The number of anilines is 1. The lowest BCUT2D eigenvalue weighted by Gasteiger charge is -2.13. The van der Waals surface area contributed by atoms with E-state index >= 15 is 0 Å². The standard InChI is InChI=1S/C16H18ClNO2S/c1-10-5-6-14(7-11(10)2)18-21(19,20)16-9-12(3)15(17)8-13(16)4/h5-9,18H,1-4H3. The molecule has 0 aliphatic rings.